The predicted molar refractivity (Wildman–Crippen MR) is 96.4 cm³/mol. The van der Waals surface area contributed by atoms with Crippen LogP contribution in [0.5, 0.6) is 11.5 Å². The third-order valence-electron chi connectivity index (χ3n) is 4.31. The number of carbonyl (C=O) groups excluding carboxylic acids is 1. The summed E-state index contributed by atoms with van der Waals surface area (Å²) in [5.74, 6) is 1.07. The molecule has 0 saturated carbocycles. The fourth-order valence-electron chi connectivity index (χ4n) is 2.89. The van der Waals surface area contributed by atoms with Gasteiger partial charge in [-0.15, -0.1) is 0 Å². The van der Waals surface area contributed by atoms with Crippen LogP contribution in [0.25, 0.3) is 5.69 Å². The van der Waals surface area contributed by atoms with Crippen molar-refractivity contribution >= 4 is 5.91 Å². The molecule has 2 heterocycles. The highest BCUT2D eigenvalue weighted by Gasteiger charge is 2.33. The second-order valence-electron chi connectivity index (χ2n) is 6.16. The quantitative estimate of drug-likeness (QED) is 0.787. The van der Waals surface area contributed by atoms with Crippen molar-refractivity contribution in [2.45, 2.75) is 25.7 Å². The lowest BCUT2D eigenvalue weighted by Crippen LogP contribution is -2.48. The van der Waals surface area contributed by atoms with Crippen LogP contribution in [-0.2, 0) is 11.3 Å². The van der Waals surface area contributed by atoms with Crippen molar-refractivity contribution in [1.82, 2.24) is 14.9 Å². The second kappa shape index (κ2) is 6.92. The van der Waals surface area contributed by atoms with Gasteiger partial charge in [-0.25, -0.2) is 4.98 Å². The molecule has 6 heteroatoms. The Kier molecular flexibility index (Phi) is 4.31. The van der Waals surface area contributed by atoms with Gasteiger partial charge in [-0.05, 0) is 36.8 Å². The molecule has 132 valence electrons. The van der Waals surface area contributed by atoms with E-state index in [4.69, 9.17) is 9.47 Å². The molecule has 0 radical (unpaired) electrons. The number of amides is 1. The number of nitrogens with zero attached hydrogens (tertiary/aromatic N) is 2. The fraction of sp³-hybridized carbons (Fsp3) is 0.200. The highest BCUT2D eigenvalue weighted by atomic mass is 16.6. The molecule has 0 spiro atoms. The zero-order valence-corrected chi connectivity index (χ0v) is 14.3. The molecule has 2 aromatic carbocycles. The van der Waals surface area contributed by atoms with E-state index in [0.29, 0.717) is 18.0 Å². The molecule has 1 amide bonds. The molecule has 2 atom stereocenters. The summed E-state index contributed by atoms with van der Waals surface area (Å²) in [5.41, 5.74) is 2.03. The van der Waals surface area contributed by atoms with Crippen molar-refractivity contribution < 1.29 is 14.3 Å². The number of rotatable bonds is 4. The summed E-state index contributed by atoms with van der Waals surface area (Å²) in [5, 5.41) is 2.92. The number of benzene rings is 2. The van der Waals surface area contributed by atoms with Gasteiger partial charge in [-0.3, -0.25) is 4.79 Å². The molecule has 1 N–H and O–H groups in total. The Hall–Kier alpha value is -3.28. The molecule has 0 unspecified atom stereocenters. The van der Waals surface area contributed by atoms with Gasteiger partial charge in [0.15, 0.2) is 11.5 Å². The van der Waals surface area contributed by atoms with Crippen LogP contribution in [0.4, 0.5) is 0 Å². The number of hydrogen-bond acceptors (Lipinski definition) is 4. The molecule has 26 heavy (non-hydrogen) atoms. The lowest BCUT2D eigenvalue weighted by atomic mass is 10.1. The lowest BCUT2D eigenvalue weighted by molar-refractivity contribution is -0.133. The Bertz CT molecular complexity index is 891. The zero-order chi connectivity index (χ0) is 17.9. The Balaban J connectivity index is 1.38. The van der Waals surface area contributed by atoms with E-state index in [1.54, 1.807) is 18.6 Å². The maximum absolute atomic E-state index is 12.5. The van der Waals surface area contributed by atoms with Crippen LogP contribution in [-0.4, -0.2) is 27.7 Å². The normalized spacial score (nSPS) is 18.3. The number of imidazole rings is 1. The zero-order valence-electron chi connectivity index (χ0n) is 14.3. The van der Waals surface area contributed by atoms with E-state index in [1.807, 2.05) is 60.2 Å². The third-order valence-corrected chi connectivity index (χ3v) is 4.31. The minimum atomic E-state index is -0.671. The van der Waals surface area contributed by atoms with Crippen molar-refractivity contribution in [1.29, 1.82) is 0 Å². The van der Waals surface area contributed by atoms with E-state index in [-0.39, 0.29) is 12.0 Å². The molecular weight excluding hydrogens is 330 g/mol. The molecule has 3 aromatic rings. The van der Waals surface area contributed by atoms with Crippen molar-refractivity contribution in [2.24, 2.45) is 0 Å². The summed E-state index contributed by atoms with van der Waals surface area (Å²) < 4.78 is 13.5. The number of para-hydroxylation sites is 2. The molecule has 1 aliphatic rings. The monoisotopic (exact) mass is 349 g/mol. The third kappa shape index (κ3) is 3.26. The van der Waals surface area contributed by atoms with E-state index >= 15 is 0 Å². The van der Waals surface area contributed by atoms with Gasteiger partial charge in [-0.1, -0.05) is 24.3 Å². The first kappa shape index (κ1) is 16.2. The smallest absolute Gasteiger partial charge is 0.265 e. The maximum atomic E-state index is 12.5. The van der Waals surface area contributed by atoms with Crippen LogP contribution in [0.1, 0.15) is 12.5 Å². The number of carbonyl (C=O) groups is 1. The van der Waals surface area contributed by atoms with Gasteiger partial charge < -0.3 is 19.4 Å². The van der Waals surface area contributed by atoms with E-state index in [9.17, 15) is 4.79 Å². The van der Waals surface area contributed by atoms with Crippen LogP contribution >= 0.6 is 0 Å². The Labute approximate surface area is 151 Å². The highest BCUT2D eigenvalue weighted by molar-refractivity contribution is 5.82. The standard InChI is InChI=1S/C20H19N3O3/c1-14-19(26-18-5-3-2-4-17(18)25-14)20(24)22-12-15-6-8-16(9-7-15)23-11-10-21-13-23/h2-11,13-14,19H,12H2,1H3,(H,22,24)/t14-,19-/m0/s1. The van der Waals surface area contributed by atoms with E-state index in [0.717, 1.165) is 11.3 Å². The molecule has 4 rings (SSSR count). The Morgan fingerprint density at radius 1 is 1.12 bits per heavy atom. The van der Waals surface area contributed by atoms with Gasteiger partial charge in [0.25, 0.3) is 5.91 Å². The van der Waals surface area contributed by atoms with Crippen LogP contribution in [0.3, 0.4) is 0 Å². The van der Waals surface area contributed by atoms with E-state index in [2.05, 4.69) is 10.3 Å². The van der Waals surface area contributed by atoms with E-state index in [1.165, 1.54) is 0 Å². The van der Waals surface area contributed by atoms with Crippen molar-refractivity contribution in [2.75, 3.05) is 0 Å². The lowest BCUT2D eigenvalue weighted by Gasteiger charge is -2.31. The van der Waals surface area contributed by atoms with Crippen molar-refractivity contribution in [3.8, 4) is 17.2 Å². The van der Waals surface area contributed by atoms with Crippen molar-refractivity contribution in [3.63, 3.8) is 0 Å². The Morgan fingerprint density at radius 2 is 1.85 bits per heavy atom. The summed E-state index contributed by atoms with van der Waals surface area (Å²) >= 11 is 0. The first-order valence-electron chi connectivity index (χ1n) is 8.48. The molecule has 6 nitrogen and oxygen atoms in total. The molecule has 0 aliphatic carbocycles. The highest BCUT2D eigenvalue weighted by Crippen LogP contribution is 2.33. The summed E-state index contributed by atoms with van der Waals surface area (Å²) in [6, 6.07) is 15.3. The molecular formula is C20H19N3O3. The number of hydrogen-bond donors (Lipinski definition) is 1. The topological polar surface area (TPSA) is 65.4 Å². The maximum Gasteiger partial charge on any atom is 0.265 e. The number of fused-ring (bicyclic) bond motifs is 1. The van der Waals surface area contributed by atoms with Crippen LogP contribution in [0.2, 0.25) is 0 Å². The number of nitrogens with one attached hydrogen (secondary N) is 1. The Morgan fingerprint density at radius 3 is 2.54 bits per heavy atom. The van der Waals surface area contributed by atoms with Gasteiger partial charge in [0.05, 0.1) is 6.33 Å². The van der Waals surface area contributed by atoms with Gasteiger partial charge in [-0.2, -0.15) is 0 Å². The first-order chi connectivity index (χ1) is 12.7. The second-order valence-corrected chi connectivity index (χ2v) is 6.16. The molecule has 0 fully saturated rings. The summed E-state index contributed by atoms with van der Waals surface area (Å²) in [6.07, 6.45) is 4.34. The largest absolute Gasteiger partial charge is 0.482 e. The molecule has 0 saturated heterocycles. The molecule has 0 bridgehead atoms. The average molecular weight is 349 g/mol. The van der Waals surface area contributed by atoms with Crippen LogP contribution in [0, 0.1) is 0 Å². The molecule has 1 aliphatic heterocycles. The van der Waals surface area contributed by atoms with Gasteiger partial charge in [0, 0.05) is 24.6 Å². The number of ether oxygens (including phenoxy) is 2. The summed E-state index contributed by atoms with van der Waals surface area (Å²) in [6.45, 7) is 2.26. The van der Waals surface area contributed by atoms with Crippen LogP contribution < -0.4 is 14.8 Å². The summed E-state index contributed by atoms with van der Waals surface area (Å²) in [4.78, 5) is 16.6. The van der Waals surface area contributed by atoms with Gasteiger partial charge >= 0.3 is 0 Å². The van der Waals surface area contributed by atoms with E-state index < -0.39 is 6.10 Å². The van der Waals surface area contributed by atoms with Gasteiger partial charge in [0.1, 0.15) is 6.10 Å². The minimum Gasteiger partial charge on any atom is -0.482 e. The SMILES string of the molecule is C[C@@H]1Oc2ccccc2O[C@@H]1C(=O)NCc1ccc(-n2ccnc2)cc1. The fourth-order valence-corrected chi connectivity index (χ4v) is 2.89. The molecule has 1 aromatic heterocycles. The predicted octanol–water partition coefficient (Wildman–Crippen LogP) is 2.72. The minimum absolute atomic E-state index is 0.189. The van der Waals surface area contributed by atoms with Crippen LogP contribution in [0.15, 0.2) is 67.3 Å². The number of aromatic nitrogens is 2. The van der Waals surface area contributed by atoms with Crippen molar-refractivity contribution in [3.05, 3.63) is 72.8 Å². The first-order valence-corrected chi connectivity index (χ1v) is 8.48. The average Bonchev–Trinajstić information content (AvgIpc) is 3.21. The summed E-state index contributed by atoms with van der Waals surface area (Å²) in [7, 11) is 0. The van der Waals surface area contributed by atoms with Gasteiger partial charge in [0.2, 0.25) is 6.10 Å².